The van der Waals surface area contributed by atoms with Crippen LogP contribution in [0.2, 0.25) is 0 Å². The molecule has 5 atom stereocenters. The maximum atomic E-state index is 6.09. The molecule has 2 rings (SSSR count). The number of nitrogens with zero attached hydrogens (tertiary/aromatic N) is 1. The van der Waals surface area contributed by atoms with Gasteiger partial charge in [-0.05, 0) is 54.9 Å². The van der Waals surface area contributed by atoms with E-state index in [2.05, 4.69) is 39.5 Å². The van der Waals surface area contributed by atoms with E-state index in [9.17, 15) is 0 Å². The molecule has 0 aromatic carbocycles. The van der Waals surface area contributed by atoms with Crippen molar-refractivity contribution in [3.05, 3.63) is 0 Å². The standard InChI is InChI=1S/C18H36N2/c1-6-18(4,5)16-8-7-15(10-19)17(9-16)20-11-13(2)14(3)12-20/h13-17H,6-12,19H2,1-5H3. The van der Waals surface area contributed by atoms with Gasteiger partial charge in [0, 0.05) is 19.1 Å². The van der Waals surface area contributed by atoms with Gasteiger partial charge in [0.05, 0.1) is 0 Å². The van der Waals surface area contributed by atoms with Crippen molar-refractivity contribution in [2.24, 2.45) is 34.8 Å². The first kappa shape index (κ1) is 16.3. The number of hydrogen-bond donors (Lipinski definition) is 1. The minimum Gasteiger partial charge on any atom is -0.330 e. The number of likely N-dealkylation sites (tertiary alicyclic amines) is 1. The zero-order chi connectivity index (χ0) is 14.9. The van der Waals surface area contributed by atoms with E-state index in [4.69, 9.17) is 5.73 Å². The summed E-state index contributed by atoms with van der Waals surface area (Å²) < 4.78 is 0. The summed E-state index contributed by atoms with van der Waals surface area (Å²) >= 11 is 0. The molecule has 118 valence electrons. The third-order valence-electron chi connectivity index (χ3n) is 6.76. The Labute approximate surface area is 126 Å². The van der Waals surface area contributed by atoms with Gasteiger partial charge in [-0.25, -0.2) is 0 Å². The normalized spacial score (nSPS) is 40.2. The van der Waals surface area contributed by atoms with Gasteiger partial charge in [-0.2, -0.15) is 0 Å². The molecule has 0 radical (unpaired) electrons. The zero-order valence-corrected chi connectivity index (χ0v) is 14.4. The van der Waals surface area contributed by atoms with Crippen molar-refractivity contribution < 1.29 is 0 Å². The van der Waals surface area contributed by atoms with Crippen molar-refractivity contribution in [1.29, 1.82) is 0 Å². The molecule has 1 aliphatic heterocycles. The van der Waals surface area contributed by atoms with Gasteiger partial charge >= 0.3 is 0 Å². The Morgan fingerprint density at radius 1 is 1.10 bits per heavy atom. The highest BCUT2D eigenvalue weighted by molar-refractivity contribution is 4.94. The van der Waals surface area contributed by atoms with E-state index in [0.717, 1.165) is 36.3 Å². The molecular weight excluding hydrogens is 244 g/mol. The fourth-order valence-corrected chi connectivity index (χ4v) is 4.38. The number of rotatable bonds is 4. The predicted octanol–water partition coefficient (Wildman–Crippen LogP) is 3.75. The summed E-state index contributed by atoms with van der Waals surface area (Å²) in [4.78, 5) is 2.78. The molecular formula is C18H36N2. The van der Waals surface area contributed by atoms with E-state index >= 15 is 0 Å². The first-order chi connectivity index (χ1) is 9.39. The minimum absolute atomic E-state index is 0.495. The Hall–Kier alpha value is -0.0800. The molecule has 2 nitrogen and oxygen atoms in total. The Bertz CT molecular complexity index is 303. The van der Waals surface area contributed by atoms with Gasteiger partial charge in [0.15, 0.2) is 0 Å². The molecule has 20 heavy (non-hydrogen) atoms. The molecule has 1 saturated carbocycles. The topological polar surface area (TPSA) is 29.3 Å². The van der Waals surface area contributed by atoms with Gasteiger partial charge in [-0.3, -0.25) is 4.90 Å². The molecule has 1 aliphatic carbocycles. The van der Waals surface area contributed by atoms with Crippen LogP contribution in [0, 0.1) is 29.1 Å². The highest BCUT2D eigenvalue weighted by Gasteiger charge is 2.41. The second-order valence-corrected chi connectivity index (χ2v) is 8.32. The minimum atomic E-state index is 0.495. The lowest BCUT2D eigenvalue weighted by molar-refractivity contribution is 0.0467. The Morgan fingerprint density at radius 3 is 2.20 bits per heavy atom. The molecule has 0 amide bonds. The van der Waals surface area contributed by atoms with Crippen LogP contribution in [0.25, 0.3) is 0 Å². The van der Waals surface area contributed by atoms with Crippen LogP contribution >= 0.6 is 0 Å². The van der Waals surface area contributed by atoms with Crippen molar-refractivity contribution in [2.45, 2.75) is 66.3 Å². The summed E-state index contributed by atoms with van der Waals surface area (Å²) in [5, 5.41) is 0. The lowest BCUT2D eigenvalue weighted by Crippen LogP contribution is -2.48. The van der Waals surface area contributed by atoms with Gasteiger partial charge in [-0.1, -0.05) is 41.0 Å². The van der Waals surface area contributed by atoms with Crippen molar-refractivity contribution in [2.75, 3.05) is 19.6 Å². The number of nitrogens with two attached hydrogens (primary N) is 1. The Kier molecular flexibility index (Phi) is 5.18. The summed E-state index contributed by atoms with van der Waals surface area (Å²) in [6, 6.07) is 0.747. The maximum absolute atomic E-state index is 6.09. The zero-order valence-electron chi connectivity index (χ0n) is 14.4. The average Bonchev–Trinajstić information content (AvgIpc) is 2.77. The monoisotopic (exact) mass is 280 g/mol. The van der Waals surface area contributed by atoms with Gasteiger partial charge in [-0.15, -0.1) is 0 Å². The van der Waals surface area contributed by atoms with E-state index < -0.39 is 0 Å². The molecule has 1 heterocycles. The third kappa shape index (κ3) is 3.22. The van der Waals surface area contributed by atoms with E-state index in [-0.39, 0.29) is 0 Å². The summed E-state index contributed by atoms with van der Waals surface area (Å²) in [7, 11) is 0. The van der Waals surface area contributed by atoms with Crippen LogP contribution in [0.4, 0.5) is 0 Å². The first-order valence-corrected chi connectivity index (χ1v) is 8.83. The predicted molar refractivity (Wildman–Crippen MR) is 87.6 cm³/mol. The van der Waals surface area contributed by atoms with Gasteiger partial charge in [0.25, 0.3) is 0 Å². The molecule has 2 fully saturated rings. The van der Waals surface area contributed by atoms with Crippen molar-refractivity contribution in [3.63, 3.8) is 0 Å². The summed E-state index contributed by atoms with van der Waals surface area (Å²) in [5.74, 6) is 3.32. The number of hydrogen-bond acceptors (Lipinski definition) is 2. The smallest absolute Gasteiger partial charge is 0.0139 e. The quantitative estimate of drug-likeness (QED) is 0.849. The lowest BCUT2D eigenvalue weighted by Gasteiger charge is -2.46. The second-order valence-electron chi connectivity index (χ2n) is 8.32. The van der Waals surface area contributed by atoms with Gasteiger partial charge in [0.2, 0.25) is 0 Å². The van der Waals surface area contributed by atoms with Crippen LogP contribution in [-0.2, 0) is 0 Å². The largest absolute Gasteiger partial charge is 0.330 e. The molecule has 0 spiro atoms. The fraction of sp³-hybridized carbons (Fsp3) is 1.00. The average molecular weight is 281 g/mol. The van der Waals surface area contributed by atoms with Crippen LogP contribution in [0.1, 0.15) is 60.3 Å². The summed E-state index contributed by atoms with van der Waals surface area (Å²) in [6.45, 7) is 15.6. The van der Waals surface area contributed by atoms with Crippen LogP contribution in [0.3, 0.4) is 0 Å². The highest BCUT2D eigenvalue weighted by Crippen LogP contribution is 2.44. The molecule has 0 aromatic heterocycles. The highest BCUT2D eigenvalue weighted by atomic mass is 15.2. The first-order valence-electron chi connectivity index (χ1n) is 8.83. The van der Waals surface area contributed by atoms with E-state index in [1.807, 2.05) is 0 Å². The van der Waals surface area contributed by atoms with Crippen LogP contribution in [0.15, 0.2) is 0 Å². The molecule has 0 aromatic rings. The van der Waals surface area contributed by atoms with Crippen LogP contribution in [0.5, 0.6) is 0 Å². The maximum Gasteiger partial charge on any atom is 0.0139 e. The fourth-order valence-electron chi connectivity index (χ4n) is 4.38. The van der Waals surface area contributed by atoms with Crippen molar-refractivity contribution in [1.82, 2.24) is 4.90 Å². The summed E-state index contributed by atoms with van der Waals surface area (Å²) in [5.41, 5.74) is 6.59. The molecule has 5 unspecified atom stereocenters. The third-order valence-corrected chi connectivity index (χ3v) is 6.76. The molecule has 0 bridgehead atoms. The SMILES string of the molecule is CCC(C)(C)C1CCC(CN)C(N2CC(C)C(C)C2)C1. The van der Waals surface area contributed by atoms with Crippen molar-refractivity contribution >= 4 is 0 Å². The second kappa shape index (κ2) is 6.36. The Balaban J connectivity index is 2.07. The van der Waals surface area contributed by atoms with Crippen molar-refractivity contribution in [3.8, 4) is 0 Å². The molecule has 2 aliphatic rings. The molecule has 2 N–H and O–H groups in total. The molecule has 1 saturated heterocycles. The van der Waals surface area contributed by atoms with Crippen LogP contribution in [-0.4, -0.2) is 30.6 Å². The van der Waals surface area contributed by atoms with E-state index in [1.165, 1.54) is 38.8 Å². The van der Waals surface area contributed by atoms with Crippen LogP contribution < -0.4 is 5.73 Å². The Morgan fingerprint density at radius 2 is 1.70 bits per heavy atom. The molecule has 2 heteroatoms. The van der Waals surface area contributed by atoms with E-state index in [0.29, 0.717) is 5.41 Å². The summed E-state index contributed by atoms with van der Waals surface area (Å²) in [6.07, 6.45) is 5.40. The van der Waals surface area contributed by atoms with Gasteiger partial charge in [0.1, 0.15) is 0 Å². The lowest BCUT2D eigenvalue weighted by atomic mass is 9.65. The van der Waals surface area contributed by atoms with Gasteiger partial charge < -0.3 is 5.73 Å². The van der Waals surface area contributed by atoms with E-state index in [1.54, 1.807) is 0 Å².